The van der Waals surface area contributed by atoms with Crippen LogP contribution in [-0.4, -0.2) is 47.3 Å². The zero-order valence-corrected chi connectivity index (χ0v) is 18.4. The first-order valence-electron chi connectivity index (χ1n) is 11.2. The number of likely N-dealkylation sites (tertiary alicyclic amines) is 1. The summed E-state index contributed by atoms with van der Waals surface area (Å²) in [4.78, 5) is 16.8. The van der Waals surface area contributed by atoms with Gasteiger partial charge in [0.15, 0.2) is 0 Å². The van der Waals surface area contributed by atoms with E-state index in [2.05, 4.69) is 15.5 Å². The Hall–Kier alpha value is -3.40. The summed E-state index contributed by atoms with van der Waals surface area (Å²) in [6.07, 6.45) is -0.816. The van der Waals surface area contributed by atoms with Gasteiger partial charge < -0.3 is 14.6 Å². The summed E-state index contributed by atoms with van der Waals surface area (Å²) in [5, 5.41) is 10.2. The minimum Gasteiger partial charge on any atom is -0.415 e. The number of alkyl halides is 2. The molecule has 178 valence electrons. The second-order valence-electron chi connectivity index (χ2n) is 8.86. The highest BCUT2D eigenvalue weighted by atomic mass is 19.3. The van der Waals surface area contributed by atoms with Crippen LogP contribution in [0.2, 0.25) is 0 Å². The van der Waals surface area contributed by atoms with E-state index in [1.54, 1.807) is 4.90 Å². The van der Waals surface area contributed by atoms with Crippen molar-refractivity contribution in [1.82, 2.24) is 20.4 Å². The van der Waals surface area contributed by atoms with Crippen molar-refractivity contribution in [2.24, 2.45) is 5.41 Å². The van der Waals surface area contributed by atoms with Crippen molar-refractivity contribution >= 4 is 11.7 Å². The smallest absolute Gasteiger partial charge is 0.324 e. The van der Waals surface area contributed by atoms with Gasteiger partial charge in [-0.25, -0.2) is 9.18 Å². The second-order valence-corrected chi connectivity index (χ2v) is 8.86. The number of hydrogen-bond donors (Lipinski definition) is 1. The van der Waals surface area contributed by atoms with Crippen LogP contribution < -0.4 is 10.2 Å². The number of amides is 2. The van der Waals surface area contributed by atoms with Crippen molar-refractivity contribution in [3.05, 3.63) is 65.8 Å². The van der Waals surface area contributed by atoms with E-state index in [0.29, 0.717) is 18.8 Å². The summed E-state index contributed by atoms with van der Waals surface area (Å²) in [7, 11) is 0. The van der Waals surface area contributed by atoms with E-state index in [4.69, 9.17) is 4.42 Å². The number of aromatic nitrogens is 2. The number of carbonyl (C=O) groups excluding carboxylic acids is 1. The fraction of sp³-hybridized carbons (Fsp3) is 0.375. The normalized spacial score (nSPS) is 17.1. The van der Waals surface area contributed by atoms with Gasteiger partial charge in [-0.3, -0.25) is 4.90 Å². The van der Waals surface area contributed by atoms with Crippen molar-refractivity contribution in [3.63, 3.8) is 0 Å². The third-order valence-corrected chi connectivity index (χ3v) is 6.54. The van der Waals surface area contributed by atoms with Crippen molar-refractivity contribution in [2.75, 3.05) is 31.1 Å². The van der Waals surface area contributed by atoms with E-state index in [9.17, 15) is 13.6 Å². The Morgan fingerprint density at radius 2 is 1.85 bits per heavy atom. The number of nitrogens with one attached hydrogen (secondary N) is 1. The predicted molar refractivity (Wildman–Crippen MR) is 119 cm³/mol. The minimum atomic E-state index is -2.90. The first kappa shape index (κ1) is 22.4. The number of carbonyl (C=O) groups is 1. The van der Waals surface area contributed by atoms with Crippen molar-refractivity contribution in [2.45, 2.75) is 25.8 Å². The van der Waals surface area contributed by atoms with Gasteiger partial charge in [-0.05, 0) is 50.2 Å². The Kier molecular flexibility index (Phi) is 5.99. The van der Waals surface area contributed by atoms with Crippen molar-refractivity contribution < 1.29 is 22.4 Å². The van der Waals surface area contributed by atoms with E-state index < -0.39 is 18.1 Å². The Morgan fingerprint density at radius 3 is 2.50 bits per heavy atom. The Labute approximate surface area is 194 Å². The van der Waals surface area contributed by atoms with Gasteiger partial charge in [0, 0.05) is 35.3 Å². The molecule has 1 N–H and O–H groups in total. The summed E-state index contributed by atoms with van der Waals surface area (Å²) in [6, 6.07) is 13.1. The molecule has 2 aliphatic rings. The van der Waals surface area contributed by atoms with Crippen LogP contribution >= 0.6 is 0 Å². The van der Waals surface area contributed by atoms with E-state index >= 15 is 4.39 Å². The lowest BCUT2D eigenvalue weighted by atomic mass is 9.72. The lowest BCUT2D eigenvalue weighted by Crippen LogP contribution is -2.63. The zero-order chi connectivity index (χ0) is 23.7. The van der Waals surface area contributed by atoms with Crippen LogP contribution in [-0.2, 0) is 6.54 Å². The lowest BCUT2D eigenvalue weighted by molar-refractivity contribution is 0.00854. The Morgan fingerprint density at radius 1 is 1.12 bits per heavy atom. The second kappa shape index (κ2) is 9.09. The lowest BCUT2D eigenvalue weighted by Gasteiger charge is -2.53. The highest BCUT2D eigenvalue weighted by Gasteiger charge is 2.46. The summed E-state index contributed by atoms with van der Waals surface area (Å²) in [5.41, 5.74) is 1.32. The monoisotopic (exact) mass is 471 g/mol. The molecule has 0 saturated carbocycles. The number of hydrogen-bond acceptors (Lipinski definition) is 5. The number of anilines is 1. The van der Waals surface area contributed by atoms with Crippen LogP contribution in [0.4, 0.5) is 23.7 Å². The number of para-hydroxylation sites is 1. The summed E-state index contributed by atoms with van der Waals surface area (Å²) in [5.74, 6) is -1.60. The molecule has 1 aromatic heterocycles. The van der Waals surface area contributed by atoms with Gasteiger partial charge >= 0.3 is 12.5 Å². The van der Waals surface area contributed by atoms with E-state index in [1.807, 2.05) is 35.2 Å². The molecule has 2 saturated heterocycles. The molecule has 2 aliphatic heterocycles. The van der Waals surface area contributed by atoms with Crippen LogP contribution in [0, 0.1) is 11.2 Å². The highest BCUT2D eigenvalue weighted by molar-refractivity contribution is 5.92. The third-order valence-electron chi connectivity index (χ3n) is 6.54. The topological polar surface area (TPSA) is 74.5 Å². The van der Waals surface area contributed by atoms with Crippen LogP contribution in [0.25, 0.3) is 11.5 Å². The van der Waals surface area contributed by atoms with Gasteiger partial charge in [-0.15, -0.1) is 10.2 Å². The standard InChI is InChI=1S/C24H24F3N5O2/c25-19-12-16(21-29-30-22(34-21)20(26)27)6-7-17(19)13-32(18-4-2-1-3-5-18)23(33)31-14-24(15-31)8-10-28-11-9-24/h1-7,12,20,28H,8-11,13-15H2. The third kappa shape index (κ3) is 4.37. The Bertz CT molecular complexity index is 1160. The predicted octanol–water partition coefficient (Wildman–Crippen LogP) is 4.63. The quantitative estimate of drug-likeness (QED) is 0.588. The number of halogens is 3. The van der Waals surface area contributed by atoms with E-state index in [-0.39, 0.29) is 35.0 Å². The molecule has 3 aromatic rings. The molecule has 10 heteroatoms. The molecule has 2 aromatic carbocycles. The minimum absolute atomic E-state index is 0.0200. The molecule has 2 amide bonds. The maximum Gasteiger partial charge on any atom is 0.324 e. The average molecular weight is 471 g/mol. The maximum absolute atomic E-state index is 15.0. The highest BCUT2D eigenvalue weighted by Crippen LogP contribution is 2.39. The number of benzene rings is 2. The fourth-order valence-electron chi connectivity index (χ4n) is 4.64. The molecular formula is C24H24F3N5O2. The molecule has 0 radical (unpaired) electrons. The molecule has 0 atom stereocenters. The van der Waals surface area contributed by atoms with Crippen LogP contribution in [0.1, 0.15) is 30.7 Å². The molecule has 2 fully saturated rings. The van der Waals surface area contributed by atoms with Crippen LogP contribution in [0.15, 0.2) is 52.9 Å². The summed E-state index contributed by atoms with van der Waals surface area (Å²) >= 11 is 0. The van der Waals surface area contributed by atoms with Gasteiger partial charge in [0.25, 0.3) is 5.89 Å². The van der Waals surface area contributed by atoms with Crippen molar-refractivity contribution in [3.8, 4) is 11.5 Å². The Balaban J connectivity index is 1.36. The van der Waals surface area contributed by atoms with Gasteiger partial charge in [-0.1, -0.05) is 24.3 Å². The molecular weight excluding hydrogens is 447 g/mol. The zero-order valence-electron chi connectivity index (χ0n) is 18.4. The molecule has 0 unspecified atom stereocenters. The van der Waals surface area contributed by atoms with Gasteiger partial charge in [0.05, 0.1) is 6.54 Å². The SMILES string of the molecule is O=C(N1CC2(CCNCC2)C1)N(Cc1ccc(-c2nnc(C(F)F)o2)cc1F)c1ccccc1. The molecule has 5 rings (SSSR count). The number of rotatable bonds is 5. The van der Waals surface area contributed by atoms with Crippen LogP contribution in [0.3, 0.4) is 0 Å². The van der Waals surface area contributed by atoms with E-state index in [0.717, 1.165) is 32.0 Å². The van der Waals surface area contributed by atoms with Gasteiger partial charge in [0.2, 0.25) is 5.89 Å². The maximum atomic E-state index is 15.0. The molecule has 0 bridgehead atoms. The largest absolute Gasteiger partial charge is 0.415 e. The average Bonchev–Trinajstić information content (AvgIpc) is 3.33. The molecule has 0 aliphatic carbocycles. The van der Waals surface area contributed by atoms with E-state index in [1.165, 1.54) is 12.1 Å². The first-order chi connectivity index (χ1) is 16.4. The summed E-state index contributed by atoms with van der Waals surface area (Å²) < 4.78 is 45.4. The molecule has 3 heterocycles. The van der Waals surface area contributed by atoms with Crippen molar-refractivity contribution in [1.29, 1.82) is 0 Å². The number of piperidine rings is 1. The molecule has 7 nitrogen and oxygen atoms in total. The van der Waals surface area contributed by atoms with Gasteiger partial charge in [0.1, 0.15) is 5.82 Å². The number of nitrogens with zero attached hydrogens (tertiary/aromatic N) is 4. The van der Waals surface area contributed by atoms with Gasteiger partial charge in [-0.2, -0.15) is 8.78 Å². The molecule has 1 spiro atoms. The first-order valence-corrected chi connectivity index (χ1v) is 11.2. The fourth-order valence-corrected chi connectivity index (χ4v) is 4.64. The van der Waals surface area contributed by atoms with Crippen LogP contribution in [0.5, 0.6) is 0 Å². The number of urea groups is 1. The molecule has 34 heavy (non-hydrogen) atoms. The summed E-state index contributed by atoms with van der Waals surface area (Å²) in [6.45, 7) is 3.33.